The van der Waals surface area contributed by atoms with Crippen LogP contribution in [0, 0.1) is 0 Å². The monoisotopic (exact) mass is 365 g/mol. The van der Waals surface area contributed by atoms with Crippen LogP contribution < -0.4 is 11.4 Å². The van der Waals surface area contributed by atoms with Crippen molar-refractivity contribution in [3.63, 3.8) is 0 Å². The fraction of sp³-hybridized carbons (Fsp3) is 0.667. The lowest BCUT2D eigenvalue weighted by Crippen LogP contribution is -2.36. The van der Waals surface area contributed by atoms with Crippen molar-refractivity contribution >= 4 is 24.3 Å². The number of aromatic nitrogens is 2. The van der Waals surface area contributed by atoms with Gasteiger partial charge in [-0.25, -0.2) is 4.79 Å². The van der Waals surface area contributed by atoms with Gasteiger partial charge in [0, 0.05) is 13.3 Å². The average Bonchev–Trinajstić information content (AvgIpc) is 2.77. The van der Waals surface area contributed by atoms with Gasteiger partial charge in [-0.05, 0) is 24.3 Å². The SMILES string of the molecule is CCC[C@H]1O[C@@H](n2ccc(N)nc2=O)[C@@H](O)C1OP(O)(=S)OC. The Kier molecular flexibility index (Phi) is 5.90. The molecule has 1 fully saturated rings. The highest BCUT2D eigenvalue weighted by Gasteiger charge is 2.47. The predicted octanol–water partition coefficient (Wildman–Crippen LogP) is 0.132. The van der Waals surface area contributed by atoms with E-state index in [9.17, 15) is 14.8 Å². The van der Waals surface area contributed by atoms with Crippen LogP contribution in [-0.4, -0.2) is 45.0 Å². The minimum absolute atomic E-state index is 0.0712. The summed E-state index contributed by atoms with van der Waals surface area (Å²) in [4.78, 5) is 25.4. The quantitative estimate of drug-likeness (QED) is 0.602. The largest absolute Gasteiger partial charge is 0.386 e. The molecular formula is C12H20N3O6PS. The van der Waals surface area contributed by atoms with Gasteiger partial charge >= 0.3 is 12.4 Å². The van der Waals surface area contributed by atoms with Crippen LogP contribution in [0.25, 0.3) is 0 Å². The lowest BCUT2D eigenvalue weighted by Gasteiger charge is -2.24. The van der Waals surface area contributed by atoms with E-state index in [4.69, 9.17) is 31.3 Å². The average molecular weight is 365 g/mol. The summed E-state index contributed by atoms with van der Waals surface area (Å²) >= 11 is 4.83. The van der Waals surface area contributed by atoms with Crippen LogP contribution in [0.4, 0.5) is 5.82 Å². The second-order valence-electron chi connectivity index (χ2n) is 5.11. The Morgan fingerprint density at radius 3 is 2.87 bits per heavy atom. The molecule has 0 radical (unpaired) electrons. The van der Waals surface area contributed by atoms with E-state index < -0.39 is 36.9 Å². The first kappa shape index (κ1) is 18.5. The van der Waals surface area contributed by atoms with Crippen LogP contribution in [0.2, 0.25) is 0 Å². The lowest BCUT2D eigenvalue weighted by molar-refractivity contribution is -0.0417. The smallest absolute Gasteiger partial charge is 0.351 e. The molecule has 23 heavy (non-hydrogen) atoms. The van der Waals surface area contributed by atoms with Crippen LogP contribution in [0.15, 0.2) is 17.1 Å². The first-order valence-electron chi connectivity index (χ1n) is 7.04. The van der Waals surface area contributed by atoms with E-state index in [0.717, 1.165) is 11.0 Å². The standard InChI is InChI=1S/C12H20N3O6PS/c1-3-4-7-10(21-22(18,23)19-2)9(16)11(20-7)15-6-5-8(13)14-12(15)17/h5-7,9-11,16H,3-4H2,1-2H3,(H,18,23)(H2,13,14,17)/t7-,9+,10?,11-,22?/m1/s1. The zero-order valence-corrected chi connectivity index (χ0v) is 14.4. The zero-order chi connectivity index (χ0) is 17.2. The molecule has 0 saturated carbocycles. The van der Waals surface area contributed by atoms with Crippen molar-refractivity contribution in [3.8, 4) is 0 Å². The van der Waals surface area contributed by atoms with E-state index in [1.807, 2.05) is 6.92 Å². The maximum atomic E-state index is 11.9. The molecule has 1 aliphatic heterocycles. The van der Waals surface area contributed by atoms with Crippen molar-refractivity contribution in [3.05, 3.63) is 22.7 Å². The van der Waals surface area contributed by atoms with Crippen molar-refractivity contribution in [2.45, 2.75) is 44.3 Å². The summed E-state index contributed by atoms with van der Waals surface area (Å²) < 4.78 is 17.0. The Labute approximate surface area is 138 Å². The Hall–Kier alpha value is -0.870. The number of aliphatic hydroxyl groups is 1. The molecule has 1 aromatic heterocycles. The van der Waals surface area contributed by atoms with Gasteiger partial charge in [0.15, 0.2) is 6.23 Å². The third-order valence-corrected chi connectivity index (χ3v) is 5.17. The maximum absolute atomic E-state index is 11.9. The normalized spacial score (nSPS) is 30.3. The van der Waals surface area contributed by atoms with Crippen molar-refractivity contribution < 1.29 is 23.8 Å². The van der Waals surface area contributed by atoms with Gasteiger partial charge in [0.05, 0.1) is 6.10 Å². The predicted molar refractivity (Wildman–Crippen MR) is 86.1 cm³/mol. The summed E-state index contributed by atoms with van der Waals surface area (Å²) in [6.07, 6.45) is -1.01. The third-order valence-electron chi connectivity index (χ3n) is 3.49. The molecule has 0 bridgehead atoms. The summed E-state index contributed by atoms with van der Waals surface area (Å²) in [6.45, 7) is -1.56. The number of rotatable bonds is 6. The maximum Gasteiger partial charge on any atom is 0.351 e. The number of nitrogens with zero attached hydrogens (tertiary/aromatic N) is 2. The van der Waals surface area contributed by atoms with Gasteiger partial charge < -0.3 is 25.0 Å². The lowest BCUT2D eigenvalue weighted by atomic mass is 10.1. The second-order valence-corrected chi connectivity index (χ2v) is 8.01. The molecule has 11 heteroatoms. The van der Waals surface area contributed by atoms with E-state index in [0.29, 0.717) is 6.42 Å². The van der Waals surface area contributed by atoms with Crippen molar-refractivity contribution in [2.24, 2.45) is 0 Å². The number of nitrogens with two attached hydrogens (primary N) is 1. The van der Waals surface area contributed by atoms with E-state index in [1.165, 1.54) is 19.4 Å². The molecule has 5 atom stereocenters. The number of hydrogen-bond acceptors (Lipinski definition) is 8. The molecule has 9 nitrogen and oxygen atoms in total. The minimum Gasteiger partial charge on any atom is -0.386 e. The first-order valence-corrected chi connectivity index (χ1v) is 9.63. The van der Waals surface area contributed by atoms with Crippen molar-refractivity contribution in [1.82, 2.24) is 9.55 Å². The first-order chi connectivity index (χ1) is 10.8. The van der Waals surface area contributed by atoms with Crippen LogP contribution in [-0.2, 0) is 25.6 Å². The summed E-state index contributed by atoms with van der Waals surface area (Å²) in [5.41, 5.74) is 4.80. The fourth-order valence-electron chi connectivity index (χ4n) is 2.41. The summed E-state index contributed by atoms with van der Waals surface area (Å²) in [5, 5.41) is 10.5. The number of hydrogen-bond donors (Lipinski definition) is 3. The molecule has 0 aromatic carbocycles. The van der Waals surface area contributed by atoms with Gasteiger partial charge in [0.2, 0.25) is 0 Å². The van der Waals surface area contributed by atoms with Crippen LogP contribution in [0.3, 0.4) is 0 Å². The van der Waals surface area contributed by atoms with Crippen LogP contribution in [0.5, 0.6) is 0 Å². The number of nitrogen functional groups attached to an aromatic ring is 1. The van der Waals surface area contributed by atoms with Crippen molar-refractivity contribution in [2.75, 3.05) is 12.8 Å². The van der Waals surface area contributed by atoms with E-state index in [-0.39, 0.29) is 5.82 Å². The highest BCUT2D eigenvalue weighted by Crippen LogP contribution is 2.48. The minimum atomic E-state index is -3.49. The Bertz CT molecular complexity index is 656. The van der Waals surface area contributed by atoms with E-state index in [2.05, 4.69) is 4.98 Å². The molecule has 2 heterocycles. The topological polar surface area (TPSA) is 129 Å². The molecule has 2 rings (SSSR count). The molecule has 130 valence electrons. The molecule has 1 saturated heterocycles. The van der Waals surface area contributed by atoms with Gasteiger partial charge in [-0.1, -0.05) is 13.3 Å². The molecule has 2 unspecified atom stereocenters. The van der Waals surface area contributed by atoms with Crippen LogP contribution >= 0.6 is 6.72 Å². The molecule has 1 aliphatic rings. The summed E-state index contributed by atoms with van der Waals surface area (Å²) in [6, 6.07) is 1.42. The Morgan fingerprint density at radius 1 is 1.61 bits per heavy atom. The number of ether oxygens (including phenoxy) is 1. The molecule has 0 aliphatic carbocycles. The molecule has 0 amide bonds. The van der Waals surface area contributed by atoms with Gasteiger partial charge in [-0.15, -0.1) is 0 Å². The highest BCUT2D eigenvalue weighted by atomic mass is 32.5. The summed E-state index contributed by atoms with van der Waals surface area (Å²) in [5.74, 6) is 0.0712. The third kappa shape index (κ3) is 4.16. The van der Waals surface area contributed by atoms with Crippen LogP contribution in [0.1, 0.15) is 26.0 Å². The second kappa shape index (κ2) is 7.35. The van der Waals surface area contributed by atoms with E-state index in [1.54, 1.807) is 0 Å². The number of anilines is 1. The van der Waals surface area contributed by atoms with E-state index >= 15 is 0 Å². The number of aliphatic hydroxyl groups excluding tert-OH is 1. The summed E-state index contributed by atoms with van der Waals surface area (Å²) in [7, 11) is 1.23. The molecule has 1 aromatic rings. The Morgan fingerprint density at radius 2 is 2.30 bits per heavy atom. The molecule has 0 spiro atoms. The van der Waals surface area contributed by atoms with Gasteiger partial charge in [0.25, 0.3) is 0 Å². The van der Waals surface area contributed by atoms with Crippen molar-refractivity contribution in [1.29, 1.82) is 0 Å². The van der Waals surface area contributed by atoms with Gasteiger partial charge in [-0.2, -0.15) is 4.98 Å². The van der Waals surface area contributed by atoms with Gasteiger partial charge in [0.1, 0.15) is 18.0 Å². The Balaban J connectivity index is 2.30. The highest BCUT2D eigenvalue weighted by molar-refractivity contribution is 8.07. The van der Waals surface area contributed by atoms with Gasteiger partial charge in [-0.3, -0.25) is 9.09 Å². The zero-order valence-electron chi connectivity index (χ0n) is 12.7. The molecular weight excluding hydrogens is 345 g/mol. The fourth-order valence-corrected chi connectivity index (χ4v) is 3.37. The molecule has 4 N–H and O–H groups in total.